The summed E-state index contributed by atoms with van der Waals surface area (Å²) in [5.41, 5.74) is 4.58. The van der Waals surface area contributed by atoms with E-state index in [9.17, 15) is 0 Å². The van der Waals surface area contributed by atoms with Crippen molar-refractivity contribution in [2.24, 2.45) is 0 Å². The Hall–Kier alpha value is -2.01. The molecule has 3 rings (SSSR count). The van der Waals surface area contributed by atoms with Crippen LogP contribution in [0.25, 0.3) is 5.52 Å². The van der Waals surface area contributed by atoms with Gasteiger partial charge < -0.3 is 10.2 Å². The molecule has 21 heavy (non-hydrogen) atoms. The molecule has 0 atom stereocenters. The van der Waals surface area contributed by atoms with E-state index in [1.54, 1.807) is 0 Å². The lowest BCUT2D eigenvalue weighted by molar-refractivity contribution is 0.961. The third kappa shape index (κ3) is 2.88. The van der Waals surface area contributed by atoms with Crippen molar-refractivity contribution in [3.05, 3.63) is 58.8 Å². The third-order valence-electron chi connectivity index (χ3n) is 3.42. The van der Waals surface area contributed by atoms with Gasteiger partial charge >= 0.3 is 0 Å². The second-order valence-corrected chi connectivity index (χ2v) is 6.03. The summed E-state index contributed by atoms with van der Waals surface area (Å²) in [5, 5.41) is 7.87. The first-order valence-electron chi connectivity index (χ1n) is 6.77. The fourth-order valence-electron chi connectivity index (χ4n) is 2.35. The van der Waals surface area contributed by atoms with Crippen LogP contribution in [0.4, 0.5) is 11.4 Å². The van der Waals surface area contributed by atoms with Gasteiger partial charge in [0.15, 0.2) is 0 Å². The van der Waals surface area contributed by atoms with Gasteiger partial charge in [-0.3, -0.25) is 0 Å². The van der Waals surface area contributed by atoms with E-state index in [4.69, 9.17) is 0 Å². The molecule has 2 heterocycles. The maximum atomic E-state index is 4.36. The maximum absolute atomic E-state index is 4.36. The molecule has 0 bridgehead atoms. The number of halogens is 1. The van der Waals surface area contributed by atoms with E-state index in [1.807, 2.05) is 43.1 Å². The standard InChI is InChI=1S/C16H17BrN4/c1-20(2)16-7-6-13(17)9-14(16)18-10-12-11-19-21-8-4-3-5-15(12)21/h3-9,11,18H,10H2,1-2H3. The van der Waals surface area contributed by atoms with Crippen molar-refractivity contribution < 1.29 is 0 Å². The molecule has 5 heteroatoms. The number of nitrogens with one attached hydrogen (secondary N) is 1. The molecule has 3 aromatic rings. The van der Waals surface area contributed by atoms with Crippen LogP contribution in [0.1, 0.15) is 5.56 Å². The van der Waals surface area contributed by atoms with Gasteiger partial charge in [0.1, 0.15) is 0 Å². The minimum Gasteiger partial charge on any atom is -0.379 e. The largest absolute Gasteiger partial charge is 0.379 e. The fraction of sp³-hybridized carbons (Fsp3) is 0.188. The Morgan fingerprint density at radius 1 is 1.24 bits per heavy atom. The summed E-state index contributed by atoms with van der Waals surface area (Å²) in [5.74, 6) is 0. The van der Waals surface area contributed by atoms with Crippen molar-refractivity contribution in [3.63, 3.8) is 0 Å². The molecule has 0 fully saturated rings. The SMILES string of the molecule is CN(C)c1ccc(Br)cc1NCc1cnn2ccccc12. The van der Waals surface area contributed by atoms with Crippen LogP contribution >= 0.6 is 15.9 Å². The predicted octanol–water partition coefficient (Wildman–Crippen LogP) is 3.77. The minimum atomic E-state index is 0.741. The van der Waals surface area contributed by atoms with E-state index < -0.39 is 0 Å². The molecule has 4 nitrogen and oxygen atoms in total. The van der Waals surface area contributed by atoms with Gasteiger partial charge in [-0.2, -0.15) is 5.10 Å². The van der Waals surface area contributed by atoms with Crippen LogP contribution in [-0.4, -0.2) is 23.7 Å². The van der Waals surface area contributed by atoms with Crippen molar-refractivity contribution in [2.75, 3.05) is 24.3 Å². The molecule has 0 aliphatic rings. The van der Waals surface area contributed by atoms with Gasteiger partial charge in [0.25, 0.3) is 0 Å². The fourth-order valence-corrected chi connectivity index (χ4v) is 2.72. The molecule has 2 aromatic heterocycles. The molecule has 0 amide bonds. The van der Waals surface area contributed by atoms with Crippen LogP contribution in [0, 0.1) is 0 Å². The molecule has 1 N–H and O–H groups in total. The van der Waals surface area contributed by atoms with Crippen LogP contribution in [0.5, 0.6) is 0 Å². The second kappa shape index (κ2) is 5.77. The number of hydrogen-bond acceptors (Lipinski definition) is 3. The van der Waals surface area contributed by atoms with Crippen molar-refractivity contribution in [1.82, 2.24) is 9.61 Å². The zero-order valence-corrected chi connectivity index (χ0v) is 13.6. The second-order valence-electron chi connectivity index (χ2n) is 5.11. The van der Waals surface area contributed by atoms with Gasteiger partial charge in [0.2, 0.25) is 0 Å². The molecule has 0 saturated heterocycles. The Morgan fingerprint density at radius 3 is 2.90 bits per heavy atom. The number of benzene rings is 1. The number of rotatable bonds is 4. The van der Waals surface area contributed by atoms with Crippen molar-refractivity contribution in [2.45, 2.75) is 6.54 Å². The molecule has 0 spiro atoms. The topological polar surface area (TPSA) is 32.6 Å². The lowest BCUT2D eigenvalue weighted by atomic mass is 10.2. The summed E-state index contributed by atoms with van der Waals surface area (Å²) in [6, 6.07) is 12.3. The molecule has 108 valence electrons. The van der Waals surface area contributed by atoms with Gasteiger partial charge in [-0.1, -0.05) is 22.0 Å². The summed E-state index contributed by atoms with van der Waals surface area (Å²) in [6.07, 6.45) is 3.87. The quantitative estimate of drug-likeness (QED) is 0.781. The highest BCUT2D eigenvalue weighted by Crippen LogP contribution is 2.28. The molecule has 0 aliphatic heterocycles. The smallest absolute Gasteiger partial charge is 0.0711 e. The average Bonchev–Trinajstić information content (AvgIpc) is 2.88. The number of fused-ring (bicyclic) bond motifs is 1. The lowest BCUT2D eigenvalue weighted by Gasteiger charge is -2.18. The first kappa shape index (κ1) is 13.9. The molecule has 0 unspecified atom stereocenters. The van der Waals surface area contributed by atoms with E-state index in [1.165, 1.54) is 5.56 Å². The molecule has 1 aromatic carbocycles. The minimum absolute atomic E-state index is 0.741. The Morgan fingerprint density at radius 2 is 2.10 bits per heavy atom. The molecular formula is C16H17BrN4. The van der Waals surface area contributed by atoms with Crippen LogP contribution in [0.2, 0.25) is 0 Å². The van der Waals surface area contributed by atoms with E-state index in [2.05, 4.69) is 55.5 Å². The van der Waals surface area contributed by atoms with Crippen LogP contribution < -0.4 is 10.2 Å². The Bertz CT molecular complexity index is 764. The zero-order valence-electron chi connectivity index (χ0n) is 12.0. The van der Waals surface area contributed by atoms with Crippen LogP contribution in [0.15, 0.2) is 53.3 Å². The number of nitrogens with zero attached hydrogens (tertiary/aromatic N) is 3. The monoisotopic (exact) mass is 344 g/mol. The van der Waals surface area contributed by atoms with Gasteiger partial charge in [0, 0.05) is 36.9 Å². The van der Waals surface area contributed by atoms with Gasteiger partial charge in [-0.25, -0.2) is 4.52 Å². The highest BCUT2D eigenvalue weighted by Gasteiger charge is 2.07. The predicted molar refractivity (Wildman–Crippen MR) is 91.0 cm³/mol. The molecule has 0 saturated carbocycles. The van der Waals surface area contributed by atoms with E-state index >= 15 is 0 Å². The van der Waals surface area contributed by atoms with Crippen molar-refractivity contribution in [3.8, 4) is 0 Å². The summed E-state index contributed by atoms with van der Waals surface area (Å²) < 4.78 is 2.96. The molecular weight excluding hydrogens is 328 g/mol. The van der Waals surface area contributed by atoms with Gasteiger partial charge in [0.05, 0.1) is 23.1 Å². The Labute approximate surface area is 132 Å². The maximum Gasteiger partial charge on any atom is 0.0711 e. The normalized spacial score (nSPS) is 10.8. The van der Waals surface area contributed by atoms with Crippen LogP contribution in [0.3, 0.4) is 0 Å². The first-order valence-corrected chi connectivity index (χ1v) is 7.56. The third-order valence-corrected chi connectivity index (χ3v) is 3.91. The van der Waals surface area contributed by atoms with Gasteiger partial charge in [-0.05, 0) is 30.3 Å². The van der Waals surface area contributed by atoms with E-state index in [-0.39, 0.29) is 0 Å². The molecule has 0 aliphatic carbocycles. The summed E-state index contributed by atoms with van der Waals surface area (Å²) >= 11 is 3.53. The Balaban J connectivity index is 1.86. The lowest BCUT2D eigenvalue weighted by Crippen LogP contribution is -2.12. The van der Waals surface area contributed by atoms with Gasteiger partial charge in [-0.15, -0.1) is 0 Å². The first-order chi connectivity index (χ1) is 10.1. The van der Waals surface area contributed by atoms with Crippen molar-refractivity contribution >= 4 is 32.8 Å². The van der Waals surface area contributed by atoms with E-state index in [0.717, 1.165) is 27.9 Å². The summed E-state index contributed by atoms with van der Waals surface area (Å²) in [7, 11) is 4.09. The van der Waals surface area contributed by atoms with E-state index in [0.29, 0.717) is 0 Å². The number of pyridine rings is 1. The highest BCUT2D eigenvalue weighted by molar-refractivity contribution is 9.10. The van der Waals surface area contributed by atoms with Crippen molar-refractivity contribution in [1.29, 1.82) is 0 Å². The summed E-state index contributed by atoms with van der Waals surface area (Å²) in [4.78, 5) is 2.10. The van der Waals surface area contributed by atoms with Crippen LogP contribution in [-0.2, 0) is 6.54 Å². The average molecular weight is 345 g/mol. The number of aromatic nitrogens is 2. The molecule has 0 radical (unpaired) electrons. The number of anilines is 2. The number of hydrogen-bond donors (Lipinski definition) is 1. The Kier molecular flexibility index (Phi) is 3.84. The summed E-state index contributed by atoms with van der Waals surface area (Å²) in [6.45, 7) is 0.741. The highest BCUT2D eigenvalue weighted by atomic mass is 79.9. The zero-order chi connectivity index (χ0) is 14.8.